The van der Waals surface area contributed by atoms with E-state index >= 15 is 0 Å². The van der Waals surface area contributed by atoms with E-state index in [4.69, 9.17) is 9.72 Å². The Kier molecular flexibility index (Phi) is 5.28. The van der Waals surface area contributed by atoms with Crippen LogP contribution < -0.4 is 15.6 Å². The number of amides is 1. The van der Waals surface area contributed by atoms with Gasteiger partial charge < -0.3 is 10.1 Å². The molecule has 2 aromatic heterocycles. The molecule has 1 aromatic carbocycles. The quantitative estimate of drug-likeness (QED) is 0.487. The lowest BCUT2D eigenvalue weighted by Crippen LogP contribution is -2.35. The first-order valence-electron chi connectivity index (χ1n) is 10.3. The molecule has 0 spiro atoms. The molecule has 3 aromatic rings. The zero-order chi connectivity index (χ0) is 20.7. The number of ether oxygens (including phenoxy) is 1. The number of nitrogens with one attached hydrogen (secondary N) is 1. The Balaban J connectivity index is 1.22. The maximum Gasteiger partial charge on any atom is 0.262 e. The van der Waals surface area contributed by atoms with Crippen LogP contribution in [0.25, 0.3) is 10.2 Å². The molecule has 6 nitrogen and oxygen atoms in total. The number of aryl methyl sites for hydroxylation is 2. The molecule has 1 aliphatic carbocycles. The van der Waals surface area contributed by atoms with E-state index in [2.05, 4.69) is 11.4 Å². The molecule has 156 valence electrons. The zero-order valence-electron chi connectivity index (χ0n) is 16.8. The Morgan fingerprint density at radius 2 is 2.17 bits per heavy atom. The molecule has 0 radical (unpaired) electrons. The second-order valence-electron chi connectivity index (χ2n) is 7.79. The maximum atomic E-state index is 12.9. The molecule has 0 bridgehead atoms. The molecule has 30 heavy (non-hydrogen) atoms. The normalized spacial score (nSPS) is 17.4. The Bertz CT molecular complexity index is 1160. The van der Waals surface area contributed by atoms with Gasteiger partial charge in [0.15, 0.2) is 5.16 Å². The van der Waals surface area contributed by atoms with Gasteiger partial charge in [-0.1, -0.05) is 30.0 Å². The van der Waals surface area contributed by atoms with E-state index in [-0.39, 0.29) is 23.3 Å². The highest BCUT2D eigenvalue weighted by Gasteiger charge is 2.23. The van der Waals surface area contributed by atoms with Crippen LogP contribution in [0.2, 0.25) is 0 Å². The summed E-state index contributed by atoms with van der Waals surface area (Å²) in [5.41, 5.74) is 2.37. The van der Waals surface area contributed by atoms with Gasteiger partial charge in [-0.3, -0.25) is 14.2 Å². The first-order valence-corrected chi connectivity index (χ1v) is 12.1. The molecule has 5 rings (SSSR count). The first-order chi connectivity index (χ1) is 14.6. The van der Waals surface area contributed by atoms with Crippen LogP contribution in [-0.2, 0) is 31.1 Å². The van der Waals surface area contributed by atoms with Crippen molar-refractivity contribution >= 4 is 39.2 Å². The van der Waals surface area contributed by atoms with Crippen molar-refractivity contribution in [2.75, 3.05) is 12.3 Å². The number of rotatable bonds is 5. The average Bonchev–Trinajstić information content (AvgIpc) is 3.34. The van der Waals surface area contributed by atoms with Crippen LogP contribution in [0.3, 0.4) is 0 Å². The van der Waals surface area contributed by atoms with Gasteiger partial charge in [-0.05, 0) is 42.9 Å². The molecule has 3 heterocycles. The highest BCUT2D eigenvalue weighted by atomic mass is 32.2. The van der Waals surface area contributed by atoms with Crippen molar-refractivity contribution in [3.8, 4) is 5.75 Å². The van der Waals surface area contributed by atoms with E-state index in [0.717, 1.165) is 41.6 Å². The molecule has 0 saturated heterocycles. The lowest BCUT2D eigenvalue weighted by molar-refractivity contribution is -0.118. The van der Waals surface area contributed by atoms with E-state index in [1.165, 1.54) is 34.2 Å². The van der Waals surface area contributed by atoms with Gasteiger partial charge in [0.05, 0.1) is 17.7 Å². The molecule has 0 fully saturated rings. The van der Waals surface area contributed by atoms with E-state index in [1.54, 1.807) is 23.0 Å². The summed E-state index contributed by atoms with van der Waals surface area (Å²) >= 11 is 2.94. The van der Waals surface area contributed by atoms with Crippen molar-refractivity contribution in [1.29, 1.82) is 0 Å². The Hall–Kier alpha value is -2.32. The van der Waals surface area contributed by atoms with Gasteiger partial charge >= 0.3 is 0 Å². The van der Waals surface area contributed by atoms with Crippen molar-refractivity contribution in [2.45, 2.75) is 43.4 Å². The number of fused-ring (bicyclic) bond motifs is 4. The molecule has 1 N–H and O–H groups in total. The molecule has 1 atom stereocenters. The second-order valence-corrected chi connectivity index (χ2v) is 9.82. The van der Waals surface area contributed by atoms with Crippen LogP contribution in [0.4, 0.5) is 0 Å². The number of hydrogen-bond donors (Lipinski definition) is 1. The van der Waals surface area contributed by atoms with Crippen LogP contribution in [0.15, 0.2) is 34.2 Å². The standard InChI is InChI=1S/C22H23N3O3S2/c1-25-21(27)19-15-7-3-5-9-17(15)30-20(19)24-22(25)29-12-18(26)23-11-14-10-13-6-2-4-8-16(13)28-14/h2,4,6,8,14H,3,5,7,9-12H2,1H3,(H,23,26). The number of aromatic nitrogens is 2. The van der Waals surface area contributed by atoms with Crippen LogP contribution in [0.5, 0.6) is 5.75 Å². The third-order valence-electron chi connectivity index (χ3n) is 5.73. The van der Waals surface area contributed by atoms with Crippen LogP contribution in [-0.4, -0.2) is 33.9 Å². The number of carbonyl (C=O) groups is 1. The predicted molar refractivity (Wildman–Crippen MR) is 120 cm³/mol. The summed E-state index contributed by atoms with van der Waals surface area (Å²) in [4.78, 5) is 32.1. The molecule has 1 unspecified atom stereocenters. The maximum absolute atomic E-state index is 12.9. The number of carbonyl (C=O) groups excluding carboxylic acids is 1. The van der Waals surface area contributed by atoms with Crippen LogP contribution in [0, 0.1) is 0 Å². The largest absolute Gasteiger partial charge is 0.488 e. The SMILES string of the molecule is Cn1c(SCC(=O)NCC2Cc3ccccc3O2)nc2sc3c(c2c1=O)CCCC3. The minimum absolute atomic E-state index is 0.000529. The minimum atomic E-state index is -0.0839. The van der Waals surface area contributed by atoms with Crippen molar-refractivity contribution in [2.24, 2.45) is 7.05 Å². The van der Waals surface area contributed by atoms with E-state index in [0.29, 0.717) is 11.7 Å². The molecule has 2 aliphatic rings. The van der Waals surface area contributed by atoms with Crippen molar-refractivity contribution < 1.29 is 9.53 Å². The van der Waals surface area contributed by atoms with Gasteiger partial charge in [0.2, 0.25) is 5.91 Å². The Labute approximate surface area is 182 Å². The van der Waals surface area contributed by atoms with Crippen LogP contribution >= 0.6 is 23.1 Å². The fourth-order valence-corrected chi connectivity index (χ4v) is 6.28. The monoisotopic (exact) mass is 441 g/mol. The van der Waals surface area contributed by atoms with Crippen molar-refractivity contribution in [3.63, 3.8) is 0 Å². The number of nitrogens with zero attached hydrogens (tertiary/aromatic N) is 2. The van der Waals surface area contributed by atoms with Gasteiger partial charge in [0, 0.05) is 18.3 Å². The minimum Gasteiger partial charge on any atom is -0.488 e. The first kappa shape index (κ1) is 19.6. The van der Waals surface area contributed by atoms with E-state index in [9.17, 15) is 9.59 Å². The Morgan fingerprint density at radius 1 is 1.33 bits per heavy atom. The van der Waals surface area contributed by atoms with E-state index < -0.39 is 0 Å². The number of hydrogen-bond acceptors (Lipinski definition) is 6. The molecule has 0 saturated carbocycles. The zero-order valence-corrected chi connectivity index (χ0v) is 18.4. The third-order valence-corrected chi connectivity index (χ3v) is 7.94. The summed E-state index contributed by atoms with van der Waals surface area (Å²) < 4.78 is 7.45. The molecule has 8 heteroatoms. The third kappa shape index (κ3) is 3.63. The fourth-order valence-electron chi connectivity index (χ4n) is 4.17. The van der Waals surface area contributed by atoms with Gasteiger partial charge in [-0.15, -0.1) is 11.3 Å². The smallest absolute Gasteiger partial charge is 0.262 e. The topological polar surface area (TPSA) is 73.2 Å². The highest BCUT2D eigenvalue weighted by molar-refractivity contribution is 7.99. The summed E-state index contributed by atoms with van der Waals surface area (Å²) in [6.07, 6.45) is 5.09. The number of thioether (sulfide) groups is 1. The fraction of sp³-hybridized carbons (Fsp3) is 0.409. The molecular formula is C22H23N3O3S2. The number of thiophene rings is 1. The molecular weight excluding hydrogens is 418 g/mol. The van der Waals surface area contributed by atoms with Gasteiger partial charge in [0.1, 0.15) is 16.7 Å². The number of para-hydroxylation sites is 1. The lowest BCUT2D eigenvalue weighted by atomic mass is 9.97. The van der Waals surface area contributed by atoms with Crippen molar-refractivity contribution in [1.82, 2.24) is 14.9 Å². The number of benzene rings is 1. The summed E-state index contributed by atoms with van der Waals surface area (Å²) in [6.45, 7) is 0.469. The Morgan fingerprint density at radius 3 is 3.03 bits per heavy atom. The predicted octanol–water partition coefficient (Wildman–Crippen LogP) is 3.09. The second kappa shape index (κ2) is 8.07. The molecule has 1 aliphatic heterocycles. The van der Waals surface area contributed by atoms with Gasteiger partial charge in [0.25, 0.3) is 5.56 Å². The highest BCUT2D eigenvalue weighted by Crippen LogP contribution is 2.34. The lowest BCUT2D eigenvalue weighted by Gasteiger charge is -2.12. The van der Waals surface area contributed by atoms with E-state index in [1.807, 2.05) is 18.2 Å². The van der Waals surface area contributed by atoms with Gasteiger partial charge in [-0.25, -0.2) is 4.98 Å². The molecule has 1 amide bonds. The summed E-state index contributed by atoms with van der Waals surface area (Å²) in [6, 6.07) is 7.96. The van der Waals surface area contributed by atoms with Crippen LogP contribution in [0.1, 0.15) is 28.8 Å². The van der Waals surface area contributed by atoms with Crippen molar-refractivity contribution in [3.05, 3.63) is 50.6 Å². The summed E-state index contributed by atoms with van der Waals surface area (Å²) in [5, 5.41) is 4.31. The average molecular weight is 442 g/mol. The summed E-state index contributed by atoms with van der Waals surface area (Å²) in [7, 11) is 1.74. The van der Waals surface area contributed by atoms with Gasteiger partial charge in [-0.2, -0.15) is 0 Å². The summed E-state index contributed by atoms with van der Waals surface area (Å²) in [5.74, 6) is 1.04.